The van der Waals surface area contributed by atoms with Crippen LogP contribution in [0.25, 0.3) is 0 Å². The Balaban J connectivity index is 1.73. The summed E-state index contributed by atoms with van der Waals surface area (Å²) in [6.07, 6.45) is 11.0. The quantitative estimate of drug-likeness (QED) is 0.740. The summed E-state index contributed by atoms with van der Waals surface area (Å²) in [4.78, 5) is 0. The van der Waals surface area contributed by atoms with Gasteiger partial charge < -0.3 is 5.32 Å². The van der Waals surface area contributed by atoms with Crippen LogP contribution in [0.2, 0.25) is 0 Å². The van der Waals surface area contributed by atoms with Gasteiger partial charge >= 0.3 is 0 Å². The molecule has 0 aromatic carbocycles. The predicted molar refractivity (Wildman–Crippen MR) is 90.9 cm³/mol. The molecule has 0 heterocycles. The van der Waals surface area contributed by atoms with Gasteiger partial charge in [-0.25, -0.2) is 0 Å². The zero-order chi connectivity index (χ0) is 14.9. The Bertz CT molecular complexity index is 346. The van der Waals surface area contributed by atoms with Crippen LogP contribution in [0.3, 0.4) is 0 Å². The average molecular weight is 312 g/mol. The van der Waals surface area contributed by atoms with E-state index >= 15 is 0 Å². The lowest BCUT2D eigenvalue weighted by Gasteiger charge is -2.59. The molecule has 0 aromatic rings. The fourth-order valence-electron chi connectivity index (χ4n) is 5.87. The molecule has 2 atom stereocenters. The molecular formula is C18H33NOS. The number of hydrogen-bond donors (Lipinski definition) is 1. The molecule has 1 N–H and O–H groups in total. The topological polar surface area (TPSA) is 29.1 Å². The third-order valence-electron chi connectivity index (χ3n) is 6.25. The first-order valence-corrected chi connectivity index (χ1v) is 10.7. The van der Waals surface area contributed by atoms with Gasteiger partial charge in [0.1, 0.15) is 0 Å². The van der Waals surface area contributed by atoms with Gasteiger partial charge in [0.05, 0.1) is 0 Å². The maximum Gasteiger partial charge on any atom is 0.0394 e. The second-order valence-corrected chi connectivity index (χ2v) is 9.72. The van der Waals surface area contributed by atoms with Crippen LogP contribution in [0.5, 0.6) is 0 Å². The Labute approximate surface area is 133 Å². The van der Waals surface area contributed by atoms with Crippen molar-refractivity contribution in [3.05, 3.63) is 0 Å². The first kappa shape index (κ1) is 16.0. The third kappa shape index (κ3) is 3.39. The van der Waals surface area contributed by atoms with E-state index in [1.165, 1.54) is 44.9 Å². The van der Waals surface area contributed by atoms with Crippen molar-refractivity contribution in [1.29, 1.82) is 0 Å². The first-order chi connectivity index (χ1) is 10.1. The highest BCUT2D eigenvalue weighted by Gasteiger charge is 2.54. The summed E-state index contributed by atoms with van der Waals surface area (Å²) in [5, 5.41) is 3.82. The molecule has 3 heteroatoms. The van der Waals surface area contributed by atoms with Crippen molar-refractivity contribution in [3.8, 4) is 0 Å². The lowest BCUT2D eigenvalue weighted by atomic mass is 9.48. The molecule has 4 aliphatic rings. The Morgan fingerprint density at radius 1 is 1.05 bits per heavy atom. The summed E-state index contributed by atoms with van der Waals surface area (Å²) in [5.41, 5.74) is 0.493. The second-order valence-electron chi connectivity index (χ2n) is 8.10. The van der Waals surface area contributed by atoms with Gasteiger partial charge in [-0.05, 0) is 81.1 Å². The van der Waals surface area contributed by atoms with Gasteiger partial charge in [0.2, 0.25) is 0 Å². The molecule has 0 amide bonds. The van der Waals surface area contributed by atoms with Gasteiger partial charge in [0.25, 0.3) is 0 Å². The smallest absolute Gasteiger partial charge is 0.0394 e. The van der Waals surface area contributed by atoms with Gasteiger partial charge in [0, 0.05) is 28.3 Å². The number of hydrogen-bond acceptors (Lipinski definition) is 2. The Morgan fingerprint density at radius 2 is 1.62 bits per heavy atom. The van der Waals surface area contributed by atoms with Crippen molar-refractivity contribution < 1.29 is 4.21 Å². The number of nitrogens with one attached hydrogen (secondary N) is 1. The molecule has 0 aromatic heterocycles. The van der Waals surface area contributed by atoms with E-state index in [1.54, 1.807) is 0 Å². The molecule has 0 radical (unpaired) electrons. The van der Waals surface area contributed by atoms with Crippen LogP contribution in [0.4, 0.5) is 0 Å². The standard InChI is InChI=1S/C18H33NOS/c1-3-5-19-17(13-21(20)6-4-2)18-10-14-7-15(11-18)9-16(8-14)12-18/h14-17,19H,3-13H2,1-2H3. The van der Waals surface area contributed by atoms with E-state index in [1.807, 2.05) is 0 Å². The van der Waals surface area contributed by atoms with Crippen LogP contribution >= 0.6 is 0 Å². The molecule has 122 valence electrons. The monoisotopic (exact) mass is 311 g/mol. The van der Waals surface area contributed by atoms with Crippen molar-refractivity contribution in [2.24, 2.45) is 23.2 Å². The molecule has 4 rings (SSSR count). The Morgan fingerprint density at radius 3 is 2.10 bits per heavy atom. The normalized spacial score (nSPS) is 40.4. The maximum absolute atomic E-state index is 12.4. The highest BCUT2D eigenvalue weighted by atomic mass is 32.2. The fraction of sp³-hybridized carbons (Fsp3) is 1.00. The minimum absolute atomic E-state index is 0.493. The van der Waals surface area contributed by atoms with E-state index in [4.69, 9.17) is 0 Å². The van der Waals surface area contributed by atoms with E-state index in [2.05, 4.69) is 19.2 Å². The van der Waals surface area contributed by atoms with Gasteiger partial charge in [-0.3, -0.25) is 4.21 Å². The largest absolute Gasteiger partial charge is 0.313 e. The van der Waals surface area contributed by atoms with Crippen molar-refractivity contribution in [2.75, 3.05) is 18.1 Å². The molecule has 2 unspecified atom stereocenters. The number of rotatable bonds is 8. The van der Waals surface area contributed by atoms with Crippen LogP contribution in [0.1, 0.15) is 65.2 Å². The SMILES string of the molecule is CCCNC(CS(=O)CCC)C12CC3CC(CC(C3)C1)C2. The minimum Gasteiger partial charge on any atom is -0.313 e. The Hall–Kier alpha value is 0.110. The molecule has 0 aliphatic heterocycles. The predicted octanol–water partition coefficient (Wildman–Crippen LogP) is 3.73. The van der Waals surface area contributed by atoms with Crippen LogP contribution in [0, 0.1) is 23.2 Å². The maximum atomic E-state index is 12.4. The van der Waals surface area contributed by atoms with Crippen molar-refractivity contribution in [2.45, 2.75) is 71.3 Å². The highest BCUT2D eigenvalue weighted by Crippen LogP contribution is 2.61. The summed E-state index contributed by atoms with van der Waals surface area (Å²) in [6.45, 7) is 5.49. The van der Waals surface area contributed by atoms with E-state index in [0.717, 1.165) is 42.2 Å². The lowest BCUT2D eigenvalue weighted by molar-refractivity contribution is -0.0694. The van der Waals surface area contributed by atoms with Crippen molar-refractivity contribution in [1.82, 2.24) is 5.32 Å². The molecule has 4 aliphatic carbocycles. The lowest BCUT2D eigenvalue weighted by Crippen LogP contribution is -2.57. The van der Waals surface area contributed by atoms with Crippen LogP contribution in [-0.4, -0.2) is 28.3 Å². The van der Waals surface area contributed by atoms with E-state index in [-0.39, 0.29) is 0 Å². The average Bonchev–Trinajstić information content (AvgIpc) is 2.42. The zero-order valence-electron chi connectivity index (χ0n) is 13.9. The summed E-state index contributed by atoms with van der Waals surface area (Å²) in [6, 6.07) is 0.512. The minimum atomic E-state index is -0.629. The molecule has 2 nitrogen and oxygen atoms in total. The molecule has 0 spiro atoms. The molecule has 4 fully saturated rings. The van der Waals surface area contributed by atoms with Crippen molar-refractivity contribution >= 4 is 10.8 Å². The summed E-state index contributed by atoms with van der Waals surface area (Å²) >= 11 is 0. The summed E-state index contributed by atoms with van der Waals surface area (Å²) < 4.78 is 12.4. The highest BCUT2D eigenvalue weighted by molar-refractivity contribution is 7.85. The van der Waals surface area contributed by atoms with Gasteiger partial charge in [-0.15, -0.1) is 0 Å². The van der Waals surface area contributed by atoms with Gasteiger partial charge in [0.15, 0.2) is 0 Å². The molecule has 0 saturated heterocycles. The van der Waals surface area contributed by atoms with Crippen LogP contribution < -0.4 is 5.32 Å². The van der Waals surface area contributed by atoms with E-state index in [9.17, 15) is 4.21 Å². The van der Waals surface area contributed by atoms with Gasteiger partial charge in [-0.2, -0.15) is 0 Å². The van der Waals surface area contributed by atoms with Crippen LogP contribution in [-0.2, 0) is 10.8 Å². The first-order valence-electron chi connectivity index (χ1n) is 9.23. The summed E-state index contributed by atoms with van der Waals surface area (Å²) in [5.74, 6) is 4.75. The van der Waals surface area contributed by atoms with E-state index < -0.39 is 10.8 Å². The fourth-order valence-corrected chi connectivity index (χ4v) is 7.34. The van der Waals surface area contributed by atoms with E-state index in [0.29, 0.717) is 11.5 Å². The molecule has 21 heavy (non-hydrogen) atoms. The molecule has 4 bridgehead atoms. The Kier molecular flexibility index (Phi) is 5.10. The van der Waals surface area contributed by atoms with Crippen molar-refractivity contribution in [3.63, 3.8) is 0 Å². The third-order valence-corrected chi connectivity index (χ3v) is 7.82. The second kappa shape index (κ2) is 6.70. The van der Waals surface area contributed by atoms with Crippen LogP contribution in [0.15, 0.2) is 0 Å². The summed E-state index contributed by atoms with van der Waals surface area (Å²) in [7, 11) is -0.629. The molecular weight excluding hydrogens is 278 g/mol. The molecule has 4 saturated carbocycles. The zero-order valence-corrected chi connectivity index (χ0v) is 14.7. The van der Waals surface area contributed by atoms with Gasteiger partial charge in [-0.1, -0.05) is 13.8 Å².